The summed E-state index contributed by atoms with van der Waals surface area (Å²) in [7, 11) is -1.45. The maximum atomic E-state index is 11.5. The molecule has 0 bridgehead atoms. The van der Waals surface area contributed by atoms with Crippen molar-refractivity contribution in [2.24, 2.45) is 0 Å². The van der Waals surface area contributed by atoms with Gasteiger partial charge in [0.25, 0.3) is 0 Å². The van der Waals surface area contributed by atoms with Gasteiger partial charge in [-0.05, 0) is 46.8 Å². The number of aromatic nitrogens is 3. The number of anilines is 3. The molecule has 2 aromatic carbocycles. The maximum absolute atomic E-state index is 11.5. The fraction of sp³-hybridized carbons (Fsp3) is 0.0741. The van der Waals surface area contributed by atoms with Crippen LogP contribution in [-0.2, 0) is 10.0 Å². The van der Waals surface area contributed by atoms with Crippen molar-refractivity contribution in [3.8, 4) is 22.4 Å². The minimum absolute atomic E-state index is 0.259. The van der Waals surface area contributed by atoms with Crippen LogP contribution in [-0.4, -0.2) is 36.7 Å². The molecule has 7 nitrogen and oxygen atoms in total. The summed E-state index contributed by atoms with van der Waals surface area (Å²) in [4.78, 5) is 15.8. The molecule has 0 amide bonds. The van der Waals surface area contributed by atoms with E-state index in [1.165, 1.54) is 0 Å². The third-order valence-electron chi connectivity index (χ3n) is 5.58. The van der Waals surface area contributed by atoms with Crippen molar-refractivity contribution in [1.82, 2.24) is 15.0 Å². The molecule has 0 aliphatic carbocycles. The van der Waals surface area contributed by atoms with E-state index < -0.39 is 10.0 Å². The van der Waals surface area contributed by atoms with E-state index in [9.17, 15) is 8.42 Å². The van der Waals surface area contributed by atoms with Crippen molar-refractivity contribution >= 4 is 38.2 Å². The van der Waals surface area contributed by atoms with E-state index in [0.717, 1.165) is 51.0 Å². The zero-order chi connectivity index (χ0) is 24.4. The Hall–Kier alpha value is -4.30. The summed E-state index contributed by atoms with van der Waals surface area (Å²) in [5.41, 5.74) is 3.66. The highest BCUT2D eigenvalue weighted by Crippen LogP contribution is 2.38. The lowest BCUT2D eigenvalue weighted by atomic mass is 9.97. The van der Waals surface area contributed by atoms with Crippen LogP contribution in [0.2, 0.25) is 0 Å². The Labute approximate surface area is 204 Å². The van der Waals surface area contributed by atoms with Crippen LogP contribution in [0.4, 0.5) is 17.5 Å². The number of nitrogens with one attached hydrogen (secondary N) is 1. The lowest BCUT2D eigenvalue weighted by Crippen LogP contribution is -2.14. The first kappa shape index (κ1) is 22.5. The van der Waals surface area contributed by atoms with Crippen LogP contribution >= 0.6 is 0 Å². The summed E-state index contributed by atoms with van der Waals surface area (Å²) in [6.45, 7) is 0. The molecule has 0 fully saturated rings. The lowest BCUT2D eigenvalue weighted by molar-refractivity contribution is 0.606. The highest BCUT2D eigenvalue weighted by Gasteiger charge is 2.17. The fourth-order valence-electron chi connectivity index (χ4n) is 3.99. The third-order valence-corrected chi connectivity index (χ3v) is 6.16. The van der Waals surface area contributed by atoms with Gasteiger partial charge in [-0.25, -0.2) is 23.4 Å². The highest BCUT2D eigenvalue weighted by atomic mass is 32.2. The van der Waals surface area contributed by atoms with Crippen LogP contribution in [0.15, 0.2) is 97.3 Å². The molecule has 8 heteroatoms. The molecule has 174 valence electrons. The summed E-state index contributed by atoms with van der Waals surface area (Å²) < 4.78 is 25.5. The van der Waals surface area contributed by atoms with Crippen molar-refractivity contribution in [1.29, 1.82) is 0 Å². The maximum Gasteiger partial charge on any atom is 0.230 e. The molecule has 3 aromatic heterocycles. The molecule has 1 N–H and O–H groups in total. The molecule has 0 unspecified atom stereocenters. The summed E-state index contributed by atoms with van der Waals surface area (Å²) in [5, 5.41) is 2.03. The van der Waals surface area contributed by atoms with Gasteiger partial charge < -0.3 is 4.90 Å². The van der Waals surface area contributed by atoms with Crippen molar-refractivity contribution < 1.29 is 8.42 Å². The molecule has 0 aliphatic heterocycles. The van der Waals surface area contributed by atoms with Gasteiger partial charge in [-0.15, -0.1) is 0 Å². The quantitative estimate of drug-likeness (QED) is 0.345. The van der Waals surface area contributed by atoms with Crippen LogP contribution in [0.25, 0.3) is 33.2 Å². The number of sulfonamides is 1. The number of nitrogens with zero attached hydrogens (tertiary/aromatic N) is 4. The zero-order valence-corrected chi connectivity index (χ0v) is 20.1. The average Bonchev–Trinajstić information content (AvgIpc) is 2.88. The summed E-state index contributed by atoms with van der Waals surface area (Å²) in [6.07, 6.45) is 4.47. The zero-order valence-electron chi connectivity index (χ0n) is 19.3. The molecule has 0 saturated carbocycles. The number of benzene rings is 2. The van der Waals surface area contributed by atoms with Gasteiger partial charge in [0.1, 0.15) is 17.5 Å². The number of hydrogen-bond donors (Lipinski definition) is 1. The Morgan fingerprint density at radius 3 is 2.31 bits per heavy atom. The van der Waals surface area contributed by atoms with E-state index in [1.54, 1.807) is 24.5 Å². The van der Waals surface area contributed by atoms with Crippen LogP contribution in [0, 0.1) is 0 Å². The Kier molecular flexibility index (Phi) is 5.88. The van der Waals surface area contributed by atoms with Gasteiger partial charge in [0, 0.05) is 30.4 Å². The molecule has 0 radical (unpaired) electrons. The van der Waals surface area contributed by atoms with Gasteiger partial charge in [0.2, 0.25) is 10.0 Å². The number of rotatable bonds is 6. The van der Waals surface area contributed by atoms with Crippen molar-refractivity contribution in [2.45, 2.75) is 0 Å². The van der Waals surface area contributed by atoms with E-state index in [-0.39, 0.29) is 5.82 Å². The Morgan fingerprint density at radius 1 is 0.829 bits per heavy atom. The second-order valence-electron chi connectivity index (χ2n) is 8.15. The van der Waals surface area contributed by atoms with Crippen LogP contribution < -0.4 is 9.62 Å². The Balaban J connectivity index is 1.70. The van der Waals surface area contributed by atoms with Gasteiger partial charge >= 0.3 is 0 Å². The van der Waals surface area contributed by atoms with Crippen molar-refractivity contribution in [2.75, 3.05) is 22.9 Å². The van der Waals surface area contributed by atoms with E-state index in [0.29, 0.717) is 0 Å². The van der Waals surface area contributed by atoms with Crippen LogP contribution in [0.3, 0.4) is 0 Å². The minimum Gasteiger partial charge on any atom is -0.314 e. The molecular weight excluding hydrogens is 458 g/mol. The molecule has 5 rings (SSSR count). The number of fused-ring (bicyclic) bond motifs is 1. The van der Waals surface area contributed by atoms with E-state index in [1.807, 2.05) is 60.5 Å². The van der Waals surface area contributed by atoms with Gasteiger partial charge in [-0.2, -0.15) is 0 Å². The fourth-order valence-corrected chi connectivity index (χ4v) is 4.50. The predicted octanol–water partition coefficient (Wildman–Crippen LogP) is 5.50. The van der Waals surface area contributed by atoms with Crippen molar-refractivity contribution in [3.05, 3.63) is 97.3 Å². The van der Waals surface area contributed by atoms with Gasteiger partial charge in [-0.1, -0.05) is 54.6 Å². The van der Waals surface area contributed by atoms with Crippen LogP contribution in [0.1, 0.15) is 0 Å². The Morgan fingerprint density at radius 2 is 1.63 bits per heavy atom. The molecule has 5 aromatic rings. The van der Waals surface area contributed by atoms with Gasteiger partial charge in [0.05, 0.1) is 11.9 Å². The van der Waals surface area contributed by atoms with E-state index >= 15 is 0 Å². The first-order valence-electron chi connectivity index (χ1n) is 11.0. The number of hydrogen-bond acceptors (Lipinski definition) is 6. The minimum atomic E-state index is -3.40. The van der Waals surface area contributed by atoms with Gasteiger partial charge in [-0.3, -0.25) is 4.72 Å². The smallest absolute Gasteiger partial charge is 0.230 e. The molecule has 35 heavy (non-hydrogen) atoms. The third kappa shape index (κ3) is 4.83. The standard InChI is InChI=1S/C27H23N5O2S/c1-32(25-13-6-7-16-28-25)27-26-20(11-8-12-22(26)19-9-4-3-5-10-19)17-23(30-27)21-14-15-24(29-18-21)31-35(2,33)34/h3-18H,1-2H3,(H,29,31). The summed E-state index contributed by atoms with van der Waals surface area (Å²) in [6, 6.07) is 27.7. The Bertz CT molecular complexity index is 1590. The lowest BCUT2D eigenvalue weighted by Gasteiger charge is -2.22. The van der Waals surface area contributed by atoms with E-state index in [2.05, 4.69) is 39.0 Å². The second-order valence-corrected chi connectivity index (χ2v) is 9.90. The molecule has 0 spiro atoms. The first-order chi connectivity index (χ1) is 16.9. The van der Waals surface area contributed by atoms with E-state index in [4.69, 9.17) is 4.98 Å². The summed E-state index contributed by atoms with van der Waals surface area (Å²) >= 11 is 0. The normalized spacial score (nSPS) is 11.4. The van der Waals surface area contributed by atoms with Gasteiger partial charge in [0.15, 0.2) is 0 Å². The average molecular weight is 482 g/mol. The molecule has 0 saturated heterocycles. The van der Waals surface area contributed by atoms with Crippen LogP contribution in [0.5, 0.6) is 0 Å². The SMILES string of the molecule is CN(c1ccccn1)c1nc(-c2ccc(NS(C)(=O)=O)nc2)cc2cccc(-c3ccccc3)c12. The van der Waals surface area contributed by atoms with Crippen molar-refractivity contribution in [3.63, 3.8) is 0 Å². The number of pyridine rings is 3. The topological polar surface area (TPSA) is 88.1 Å². The second kappa shape index (κ2) is 9.15. The largest absolute Gasteiger partial charge is 0.314 e. The molecule has 0 atom stereocenters. The molecule has 0 aliphatic rings. The first-order valence-corrected chi connectivity index (χ1v) is 12.9. The summed E-state index contributed by atoms with van der Waals surface area (Å²) in [5.74, 6) is 1.79. The highest BCUT2D eigenvalue weighted by molar-refractivity contribution is 7.92. The monoisotopic (exact) mass is 481 g/mol. The molecule has 3 heterocycles. The predicted molar refractivity (Wildman–Crippen MR) is 141 cm³/mol. The molecular formula is C27H23N5O2S.